The van der Waals surface area contributed by atoms with Crippen LogP contribution >= 0.6 is 11.8 Å². The van der Waals surface area contributed by atoms with Crippen LogP contribution in [-0.2, 0) is 35.1 Å². The molecule has 0 spiro atoms. The number of carbonyl (C=O) groups excluding carboxylic acids is 4. The molecular formula is C46H58N3O13S+. The van der Waals surface area contributed by atoms with Crippen LogP contribution in [0.15, 0.2) is 71.6 Å². The quantitative estimate of drug-likeness (QED) is 0.0396. The van der Waals surface area contributed by atoms with Crippen LogP contribution in [0.1, 0.15) is 64.4 Å². The predicted octanol–water partition coefficient (Wildman–Crippen LogP) is 4.95. The van der Waals surface area contributed by atoms with Crippen molar-refractivity contribution >= 4 is 51.8 Å². The summed E-state index contributed by atoms with van der Waals surface area (Å²) in [4.78, 5) is 53.2. The number of anilines is 1. The standard InChI is InChI=1S/C46H57N3O13S/c1-23-14-13-15-24(2)45(58)48-35-39(55)33-32(40(56)43(35)63-21-17-47-31(51)22-49-18-11-10-12-19-49)34-42(28(6)38(33)54)62-46(8,44(34)57)60-20-16-30(59-9)25(3)41(61-29(7)50)27(5)37(53)26(4)36(23)52/h10-16,18-20,23,25-27,30,36-37,41,52-53H,17,21-22H2,1-9H3,(H4-,47,48,51,54,55,56,57,58)/p+1/b14-13+,20-16+,24-15-/t23-,25-,26-,27+,30+,36+,37+,41-,46+/m1/s1. The molecule has 0 saturated heterocycles. The van der Waals surface area contributed by atoms with Crippen molar-refractivity contribution in [3.05, 3.63) is 77.9 Å². The number of phenolic OH excluding ortho intramolecular Hbond substituents is 3. The molecule has 3 aliphatic rings. The van der Waals surface area contributed by atoms with Gasteiger partial charge in [-0.3, -0.25) is 19.2 Å². The van der Waals surface area contributed by atoms with E-state index in [9.17, 15) is 44.7 Å². The van der Waals surface area contributed by atoms with Crippen LogP contribution in [-0.4, -0.2) is 98.7 Å². The van der Waals surface area contributed by atoms with E-state index in [-0.39, 0.29) is 68.6 Å². The molecule has 6 rings (SSSR count). The predicted molar refractivity (Wildman–Crippen MR) is 234 cm³/mol. The van der Waals surface area contributed by atoms with E-state index in [1.807, 2.05) is 6.07 Å². The minimum Gasteiger partial charge on any atom is -0.507 e. The second-order valence-electron chi connectivity index (χ2n) is 16.3. The van der Waals surface area contributed by atoms with E-state index in [0.717, 1.165) is 11.8 Å². The van der Waals surface area contributed by atoms with Crippen LogP contribution < -0.4 is 19.9 Å². The lowest BCUT2D eigenvalue weighted by Gasteiger charge is -2.38. The van der Waals surface area contributed by atoms with E-state index in [1.165, 1.54) is 53.2 Å². The minimum atomic E-state index is -2.07. The maximum absolute atomic E-state index is 14.5. The number of aliphatic hydroxyl groups excluding tert-OH is 2. The Bertz CT molecular complexity index is 2320. The number of hydrogen-bond donors (Lipinski definition) is 7. The summed E-state index contributed by atoms with van der Waals surface area (Å²) < 4.78 is 25.3. The zero-order chi connectivity index (χ0) is 46.5. The number of benzene rings is 2. The summed E-state index contributed by atoms with van der Waals surface area (Å²) >= 11 is 0.973. The molecule has 3 aromatic rings. The maximum atomic E-state index is 14.5. The molecule has 4 heterocycles. The zero-order valence-corrected chi connectivity index (χ0v) is 37.7. The first-order valence-corrected chi connectivity index (χ1v) is 21.6. The minimum absolute atomic E-state index is 0.0333. The van der Waals surface area contributed by atoms with Crippen molar-refractivity contribution in [2.45, 2.75) is 97.0 Å². The number of nitrogens with zero attached hydrogens (tertiary/aromatic N) is 1. The molecular weight excluding hydrogens is 835 g/mol. The average Bonchev–Trinajstić information content (AvgIpc) is 3.51. The molecule has 3 aliphatic heterocycles. The Morgan fingerprint density at radius 2 is 1.62 bits per heavy atom. The van der Waals surface area contributed by atoms with Crippen molar-refractivity contribution in [2.24, 2.45) is 23.7 Å². The number of fused-ring (bicyclic) bond motifs is 14. The Hall–Kier alpha value is -5.62. The van der Waals surface area contributed by atoms with Crippen molar-refractivity contribution in [3.8, 4) is 23.0 Å². The molecule has 16 nitrogen and oxygen atoms in total. The van der Waals surface area contributed by atoms with E-state index in [0.29, 0.717) is 0 Å². The monoisotopic (exact) mass is 892 g/mol. The Kier molecular flexibility index (Phi) is 15.6. The molecule has 5 bridgehead atoms. The van der Waals surface area contributed by atoms with Gasteiger partial charge in [-0.1, -0.05) is 52.0 Å². The summed E-state index contributed by atoms with van der Waals surface area (Å²) in [6.07, 6.45) is 6.91. The first-order chi connectivity index (χ1) is 29.7. The topological polar surface area (TPSA) is 234 Å². The largest absolute Gasteiger partial charge is 0.507 e. The number of phenols is 3. The number of amides is 2. The molecule has 2 amide bonds. The molecule has 9 atom stereocenters. The van der Waals surface area contributed by atoms with Gasteiger partial charge >= 0.3 is 11.8 Å². The molecule has 17 heteroatoms. The summed E-state index contributed by atoms with van der Waals surface area (Å²) in [7, 11) is 1.43. The number of aromatic nitrogens is 1. The first-order valence-electron chi connectivity index (χ1n) is 20.6. The van der Waals surface area contributed by atoms with E-state index >= 15 is 0 Å². The Balaban J connectivity index is 1.62. The van der Waals surface area contributed by atoms with Crippen LogP contribution in [0.5, 0.6) is 23.0 Å². The fourth-order valence-electron chi connectivity index (χ4n) is 7.94. The third-order valence-corrected chi connectivity index (χ3v) is 12.8. The summed E-state index contributed by atoms with van der Waals surface area (Å²) in [5, 5.41) is 63.4. The van der Waals surface area contributed by atoms with Crippen LogP contribution in [0.2, 0.25) is 0 Å². The van der Waals surface area contributed by atoms with E-state index in [1.54, 1.807) is 68.9 Å². The molecule has 7 N–H and O–H groups in total. The van der Waals surface area contributed by atoms with Gasteiger partial charge < -0.3 is 55.1 Å². The van der Waals surface area contributed by atoms with Gasteiger partial charge in [0.05, 0.1) is 40.4 Å². The number of esters is 1. The maximum Gasteiger partial charge on any atom is 0.312 e. The van der Waals surface area contributed by atoms with Gasteiger partial charge in [-0.25, -0.2) is 0 Å². The number of aliphatic hydroxyl groups is 2. The number of methoxy groups -OCH3 is 1. The van der Waals surface area contributed by atoms with Crippen molar-refractivity contribution in [2.75, 3.05) is 24.7 Å². The number of Topliss-reactive ketones (excluding diaryl/α,β-unsaturated/α-hetero) is 1. The fourth-order valence-corrected chi connectivity index (χ4v) is 8.88. The van der Waals surface area contributed by atoms with Gasteiger partial charge in [0.2, 0.25) is 6.54 Å². The number of aromatic hydroxyl groups is 3. The van der Waals surface area contributed by atoms with Gasteiger partial charge in [0, 0.05) is 85.6 Å². The number of carbonyl (C=O) groups is 4. The van der Waals surface area contributed by atoms with Gasteiger partial charge in [-0.05, 0) is 19.9 Å². The Morgan fingerprint density at radius 3 is 2.27 bits per heavy atom. The van der Waals surface area contributed by atoms with Crippen LogP contribution in [0.4, 0.5) is 5.69 Å². The summed E-state index contributed by atoms with van der Waals surface area (Å²) in [6, 6.07) is 5.41. The fraction of sp³-hybridized carbons (Fsp3) is 0.457. The molecule has 1 aromatic heterocycles. The Labute approximate surface area is 370 Å². The molecule has 0 aliphatic carbocycles. The number of thioether (sulfide) groups is 1. The van der Waals surface area contributed by atoms with Crippen molar-refractivity contribution in [3.63, 3.8) is 0 Å². The highest BCUT2D eigenvalue weighted by atomic mass is 32.2. The van der Waals surface area contributed by atoms with E-state index in [4.69, 9.17) is 18.9 Å². The number of ketones is 1. The van der Waals surface area contributed by atoms with Crippen LogP contribution in [0.3, 0.4) is 0 Å². The molecule has 340 valence electrons. The summed E-state index contributed by atoms with van der Waals surface area (Å²) in [6.45, 7) is 12.6. The SMILES string of the molecule is CO[C@H]1/C=C/O[C@@]2(C)Oc3c(C)c(O)c4c(O)c(c(SCCNC(=O)C[n+]5ccccc5)c(O)c4c3C2=O)NC(=O)/C(C)=C\C=C\[C@@H](C)[C@H](O)[C@@H](C)[C@H](O)[C@H](C)[C@H](OC(C)=O)[C@@H]1C. The van der Waals surface area contributed by atoms with Crippen molar-refractivity contribution in [1.29, 1.82) is 0 Å². The summed E-state index contributed by atoms with van der Waals surface area (Å²) in [5.41, 5.74) is -0.282. The van der Waals surface area contributed by atoms with Crippen molar-refractivity contribution < 1.29 is 68.2 Å². The highest BCUT2D eigenvalue weighted by Gasteiger charge is 2.50. The lowest BCUT2D eigenvalue weighted by Crippen LogP contribution is -2.46. The van der Waals surface area contributed by atoms with Crippen LogP contribution in [0, 0.1) is 30.6 Å². The van der Waals surface area contributed by atoms with Gasteiger partial charge in [-0.2, -0.15) is 4.57 Å². The smallest absolute Gasteiger partial charge is 0.312 e. The third-order valence-electron chi connectivity index (χ3n) is 11.7. The summed E-state index contributed by atoms with van der Waals surface area (Å²) in [5.74, 6) is -8.72. The Morgan fingerprint density at radius 1 is 0.937 bits per heavy atom. The van der Waals surface area contributed by atoms with Gasteiger partial charge in [0.15, 0.2) is 18.1 Å². The number of rotatable bonds is 8. The highest BCUT2D eigenvalue weighted by Crippen LogP contribution is 2.57. The molecule has 0 unspecified atom stereocenters. The first kappa shape index (κ1) is 48.4. The number of ether oxygens (including phenoxy) is 4. The van der Waals surface area contributed by atoms with Crippen LogP contribution in [0.25, 0.3) is 10.8 Å². The molecule has 0 radical (unpaired) electrons. The molecule has 0 fully saturated rings. The molecule has 0 saturated carbocycles. The second kappa shape index (κ2) is 20.3. The molecule has 2 aromatic carbocycles. The van der Waals surface area contributed by atoms with Gasteiger partial charge in [0.25, 0.3) is 17.6 Å². The second-order valence-corrected chi connectivity index (χ2v) is 17.4. The number of nitrogens with one attached hydrogen (secondary N) is 2. The highest BCUT2D eigenvalue weighted by molar-refractivity contribution is 7.99. The number of allylic oxidation sites excluding steroid dienone is 2. The van der Waals surface area contributed by atoms with Crippen molar-refractivity contribution in [1.82, 2.24) is 5.32 Å². The lowest BCUT2D eigenvalue weighted by molar-refractivity contribution is -0.684. The van der Waals surface area contributed by atoms with Gasteiger partial charge in [-0.15, -0.1) is 11.8 Å². The van der Waals surface area contributed by atoms with E-state index < -0.39 is 88.8 Å². The number of pyridine rings is 1. The third kappa shape index (κ3) is 10.3. The van der Waals surface area contributed by atoms with Gasteiger partial charge in [0.1, 0.15) is 29.0 Å². The molecule has 63 heavy (non-hydrogen) atoms. The number of hydrogen-bond acceptors (Lipinski definition) is 14. The lowest BCUT2D eigenvalue weighted by atomic mass is 9.78. The van der Waals surface area contributed by atoms with E-state index in [2.05, 4.69) is 10.6 Å². The average molecular weight is 893 g/mol. The zero-order valence-electron chi connectivity index (χ0n) is 36.9. The normalized spacial score (nSPS) is 28.7.